The number of carbonyl (C=O) groups is 2. The van der Waals surface area contributed by atoms with Crippen LogP contribution in [0, 0.1) is 0 Å². The molecule has 0 unspecified atom stereocenters. The zero-order valence-corrected chi connectivity index (χ0v) is 20.7. The Morgan fingerprint density at radius 1 is 0.842 bits per heavy atom. The largest absolute Gasteiger partial charge is 0.484 e. The fourth-order valence-corrected chi connectivity index (χ4v) is 4.77. The summed E-state index contributed by atoms with van der Waals surface area (Å²) in [4.78, 5) is 27.5. The number of carbonyl (C=O) groups excluding carboxylic acids is 2. The number of amides is 2. The molecule has 0 radical (unpaired) electrons. The van der Waals surface area contributed by atoms with Gasteiger partial charge < -0.3 is 19.4 Å². The van der Waals surface area contributed by atoms with Gasteiger partial charge in [0.2, 0.25) is 0 Å². The quantitative estimate of drug-likeness (QED) is 0.295. The van der Waals surface area contributed by atoms with Gasteiger partial charge in [0.1, 0.15) is 17.3 Å². The SMILES string of the molecule is O=C(COc1ccccc1)Nc1cccc(-c2cc3c(o2)CCN(C(=O)c2ccc4ccccc4c2)C3)c1. The Bertz CT molecular complexity index is 1620. The minimum atomic E-state index is -0.243. The van der Waals surface area contributed by atoms with Crippen LogP contribution in [-0.4, -0.2) is 29.9 Å². The van der Waals surface area contributed by atoms with Gasteiger partial charge in [-0.15, -0.1) is 0 Å². The normalized spacial score (nSPS) is 12.7. The molecule has 38 heavy (non-hydrogen) atoms. The van der Waals surface area contributed by atoms with E-state index in [1.54, 1.807) is 0 Å². The van der Waals surface area contributed by atoms with E-state index < -0.39 is 0 Å². The number of para-hydroxylation sites is 1. The molecular weight excluding hydrogens is 476 g/mol. The van der Waals surface area contributed by atoms with Crippen LogP contribution in [0.15, 0.2) is 108 Å². The highest BCUT2D eigenvalue weighted by Crippen LogP contribution is 2.31. The van der Waals surface area contributed by atoms with Crippen LogP contribution in [-0.2, 0) is 17.8 Å². The summed E-state index contributed by atoms with van der Waals surface area (Å²) in [5.41, 5.74) is 3.21. The van der Waals surface area contributed by atoms with Gasteiger partial charge in [-0.25, -0.2) is 0 Å². The number of benzene rings is 4. The Morgan fingerprint density at radius 3 is 2.53 bits per heavy atom. The average Bonchev–Trinajstić information content (AvgIpc) is 3.40. The maximum Gasteiger partial charge on any atom is 0.262 e. The molecule has 1 N–H and O–H groups in total. The van der Waals surface area contributed by atoms with Gasteiger partial charge in [0.05, 0.1) is 0 Å². The third-order valence-corrected chi connectivity index (χ3v) is 6.69. The smallest absolute Gasteiger partial charge is 0.262 e. The fourth-order valence-electron chi connectivity index (χ4n) is 4.77. The number of fused-ring (bicyclic) bond motifs is 2. The Morgan fingerprint density at radius 2 is 1.66 bits per heavy atom. The van der Waals surface area contributed by atoms with Crippen molar-refractivity contribution in [2.24, 2.45) is 0 Å². The van der Waals surface area contributed by atoms with Crippen molar-refractivity contribution >= 4 is 28.3 Å². The highest BCUT2D eigenvalue weighted by Gasteiger charge is 2.25. The molecule has 0 aliphatic carbocycles. The lowest BCUT2D eigenvalue weighted by molar-refractivity contribution is -0.118. The van der Waals surface area contributed by atoms with Crippen molar-refractivity contribution in [3.05, 3.63) is 120 Å². The van der Waals surface area contributed by atoms with E-state index in [0.717, 1.165) is 27.7 Å². The van der Waals surface area contributed by atoms with E-state index in [2.05, 4.69) is 5.32 Å². The molecule has 1 aliphatic heterocycles. The highest BCUT2D eigenvalue weighted by atomic mass is 16.5. The van der Waals surface area contributed by atoms with Gasteiger partial charge in [0.25, 0.3) is 11.8 Å². The summed E-state index contributed by atoms with van der Waals surface area (Å²) in [5, 5.41) is 5.05. The molecule has 2 heterocycles. The van der Waals surface area contributed by atoms with E-state index in [9.17, 15) is 9.59 Å². The second kappa shape index (κ2) is 10.3. The van der Waals surface area contributed by atoms with Gasteiger partial charge in [-0.2, -0.15) is 0 Å². The summed E-state index contributed by atoms with van der Waals surface area (Å²) in [6.07, 6.45) is 0.655. The average molecular weight is 503 g/mol. The lowest BCUT2D eigenvalue weighted by Crippen LogP contribution is -2.35. The molecule has 4 aromatic carbocycles. The molecule has 0 saturated heterocycles. The third-order valence-electron chi connectivity index (χ3n) is 6.69. The van der Waals surface area contributed by atoms with Crippen molar-refractivity contribution in [1.82, 2.24) is 4.90 Å². The standard InChI is InChI=1S/C32H26N2O4/c35-31(21-37-28-11-2-1-3-12-28)33-27-10-6-9-24(18-27)30-19-26-20-34(16-15-29(26)38-30)32(36)25-14-13-22-7-4-5-8-23(22)17-25/h1-14,17-19H,15-16,20-21H2,(H,33,35). The monoisotopic (exact) mass is 502 g/mol. The topological polar surface area (TPSA) is 71.8 Å². The molecular formula is C32H26N2O4. The van der Waals surface area contributed by atoms with Crippen LogP contribution in [0.2, 0.25) is 0 Å². The first-order valence-electron chi connectivity index (χ1n) is 12.6. The molecule has 0 atom stereocenters. The number of hydrogen-bond acceptors (Lipinski definition) is 4. The zero-order chi connectivity index (χ0) is 25.9. The molecule has 6 heteroatoms. The number of furan rings is 1. The van der Waals surface area contributed by atoms with Gasteiger partial charge in [-0.3, -0.25) is 9.59 Å². The van der Waals surface area contributed by atoms with Crippen molar-refractivity contribution in [2.75, 3.05) is 18.5 Å². The Balaban J connectivity index is 1.13. The molecule has 6 rings (SSSR count). The number of rotatable bonds is 6. The molecule has 2 amide bonds. The number of nitrogens with one attached hydrogen (secondary N) is 1. The first-order chi connectivity index (χ1) is 18.6. The van der Waals surface area contributed by atoms with Crippen LogP contribution < -0.4 is 10.1 Å². The summed E-state index contributed by atoms with van der Waals surface area (Å²) in [5.74, 6) is 2.03. The van der Waals surface area contributed by atoms with E-state index in [4.69, 9.17) is 9.15 Å². The van der Waals surface area contributed by atoms with E-state index in [-0.39, 0.29) is 18.4 Å². The summed E-state index contributed by atoms with van der Waals surface area (Å²) in [6, 6.07) is 32.6. The number of anilines is 1. The predicted molar refractivity (Wildman–Crippen MR) is 147 cm³/mol. The summed E-state index contributed by atoms with van der Waals surface area (Å²) < 4.78 is 11.7. The van der Waals surface area contributed by atoms with Gasteiger partial charge in [-0.05, 0) is 53.2 Å². The highest BCUT2D eigenvalue weighted by molar-refractivity contribution is 5.98. The van der Waals surface area contributed by atoms with Gasteiger partial charge in [-0.1, -0.05) is 60.7 Å². The second-order valence-electron chi connectivity index (χ2n) is 9.33. The van der Waals surface area contributed by atoms with Gasteiger partial charge in [0.15, 0.2) is 6.61 Å². The third kappa shape index (κ3) is 5.02. The molecule has 5 aromatic rings. The molecule has 0 fully saturated rings. The zero-order valence-electron chi connectivity index (χ0n) is 20.7. The van der Waals surface area contributed by atoms with Crippen LogP contribution in [0.3, 0.4) is 0 Å². The summed E-state index contributed by atoms with van der Waals surface area (Å²) in [6.45, 7) is 1.02. The van der Waals surface area contributed by atoms with Crippen LogP contribution in [0.1, 0.15) is 21.7 Å². The Hall–Kier alpha value is -4.84. The van der Waals surface area contributed by atoms with Crippen molar-refractivity contribution in [1.29, 1.82) is 0 Å². The van der Waals surface area contributed by atoms with E-state index in [1.807, 2.05) is 108 Å². The molecule has 1 aromatic heterocycles. The molecule has 0 spiro atoms. The van der Waals surface area contributed by atoms with Crippen LogP contribution in [0.4, 0.5) is 5.69 Å². The molecule has 0 bridgehead atoms. The maximum absolute atomic E-state index is 13.3. The van der Waals surface area contributed by atoms with Crippen LogP contribution in [0.25, 0.3) is 22.1 Å². The number of nitrogens with zero attached hydrogens (tertiary/aromatic N) is 1. The van der Waals surface area contributed by atoms with Crippen molar-refractivity contribution in [3.63, 3.8) is 0 Å². The second-order valence-corrected chi connectivity index (χ2v) is 9.33. The Labute approximate surface area is 220 Å². The first-order valence-corrected chi connectivity index (χ1v) is 12.6. The lowest BCUT2D eigenvalue weighted by Gasteiger charge is -2.26. The first kappa shape index (κ1) is 23.6. The van der Waals surface area contributed by atoms with Gasteiger partial charge in [0, 0.05) is 41.9 Å². The minimum absolute atomic E-state index is 0.0200. The lowest BCUT2D eigenvalue weighted by atomic mass is 10.0. The molecule has 188 valence electrons. The van der Waals surface area contributed by atoms with Crippen molar-refractivity contribution < 1.29 is 18.7 Å². The summed E-state index contributed by atoms with van der Waals surface area (Å²) >= 11 is 0. The molecule has 6 nitrogen and oxygen atoms in total. The van der Waals surface area contributed by atoms with E-state index in [1.165, 1.54) is 0 Å². The Kier molecular flexibility index (Phi) is 6.36. The van der Waals surface area contributed by atoms with Crippen LogP contribution in [0.5, 0.6) is 5.75 Å². The van der Waals surface area contributed by atoms with E-state index in [0.29, 0.717) is 42.3 Å². The summed E-state index contributed by atoms with van der Waals surface area (Å²) in [7, 11) is 0. The van der Waals surface area contributed by atoms with Crippen molar-refractivity contribution in [2.45, 2.75) is 13.0 Å². The minimum Gasteiger partial charge on any atom is -0.484 e. The van der Waals surface area contributed by atoms with Crippen molar-refractivity contribution in [3.8, 4) is 17.1 Å². The number of hydrogen-bond donors (Lipinski definition) is 1. The molecule has 1 aliphatic rings. The molecule has 0 saturated carbocycles. The van der Waals surface area contributed by atoms with Gasteiger partial charge >= 0.3 is 0 Å². The maximum atomic E-state index is 13.3. The van der Waals surface area contributed by atoms with E-state index >= 15 is 0 Å². The number of ether oxygens (including phenoxy) is 1. The van der Waals surface area contributed by atoms with Crippen LogP contribution >= 0.6 is 0 Å². The predicted octanol–water partition coefficient (Wildman–Crippen LogP) is 6.32. The fraction of sp³-hybridized carbons (Fsp3) is 0.125.